The molecule has 0 unspecified atom stereocenters. The van der Waals surface area contributed by atoms with Crippen LogP contribution in [0.15, 0.2) is 30.5 Å². The van der Waals surface area contributed by atoms with Crippen molar-refractivity contribution in [3.63, 3.8) is 0 Å². The van der Waals surface area contributed by atoms with Gasteiger partial charge in [-0.25, -0.2) is 0 Å². The maximum Gasteiger partial charge on any atom is 0.323 e. The first-order valence-corrected chi connectivity index (χ1v) is 6.65. The van der Waals surface area contributed by atoms with Crippen molar-refractivity contribution in [1.29, 1.82) is 0 Å². The Morgan fingerprint density at radius 2 is 2.16 bits per heavy atom. The normalized spacial score (nSPS) is 10.4. The average Bonchev–Trinajstić information content (AvgIpc) is 2.94. The van der Waals surface area contributed by atoms with Crippen LogP contribution in [0.5, 0.6) is 0 Å². The lowest BCUT2D eigenvalue weighted by molar-refractivity contribution is -0.137. The van der Waals surface area contributed by atoms with E-state index in [-0.39, 0.29) is 12.5 Å². The zero-order valence-corrected chi connectivity index (χ0v) is 11.4. The third-order valence-corrected chi connectivity index (χ3v) is 3.65. The van der Waals surface area contributed by atoms with Gasteiger partial charge < -0.3 is 15.0 Å². The van der Waals surface area contributed by atoms with Crippen LogP contribution in [0.25, 0.3) is 0 Å². The smallest absolute Gasteiger partial charge is 0.323 e. The molecule has 0 bridgehead atoms. The van der Waals surface area contributed by atoms with Crippen LogP contribution in [-0.4, -0.2) is 21.6 Å². The molecule has 0 atom stereocenters. The number of carbonyl (C=O) groups is 2. The second kappa shape index (κ2) is 5.90. The fraction of sp³-hybridized carbons (Fsp3) is 0.167. The quantitative estimate of drug-likeness (QED) is 0.889. The highest BCUT2D eigenvalue weighted by atomic mass is 35.5. The summed E-state index contributed by atoms with van der Waals surface area (Å²) in [5.74, 6) is -1.30. The van der Waals surface area contributed by atoms with E-state index in [4.69, 9.17) is 16.7 Å². The number of amides is 1. The molecule has 0 aromatic carbocycles. The Hall–Kier alpha value is -1.79. The number of halogens is 1. The summed E-state index contributed by atoms with van der Waals surface area (Å²) in [6, 6.07) is 6.82. The lowest BCUT2D eigenvalue weighted by Crippen LogP contribution is -2.26. The van der Waals surface area contributed by atoms with E-state index in [9.17, 15) is 9.59 Å². The van der Waals surface area contributed by atoms with Gasteiger partial charge in [0, 0.05) is 11.1 Å². The number of thiophene rings is 1. The van der Waals surface area contributed by atoms with Crippen LogP contribution in [0.4, 0.5) is 0 Å². The Morgan fingerprint density at radius 1 is 1.37 bits per heavy atom. The Morgan fingerprint density at radius 3 is 2.79 bits per heavy atom. The molecule has 7 heteroatoms. The molecule has 0 aliphatic rings. The number of carboxylic acids is 1. The number of hydrogen-bond acceptors (Lipinski definition) is 3. The van der Waals surface area contributed by atoms with Crippen LogP contribution < -0.4 is 5.32 Å². The summed E-state index contributed by atoms with van der Waals surface area (Å²) in [5.41, 5.74) is 0.324. The van der Waals surface area contributed by atoms with Gasteiger partial charge in [0.15, 0.2) is 0 Å². The number of rotatable bonds is 5. The van der Waals surface area contributed by atoms with Crippen molar-refractivity contribution in [2.45, 2.75) is 13.1 Å². The number of nitrogens with one attached hydrogen (secondary N) is 1. The molecule has 5 nitrogen and oxygen atoms in total. The Labute approximate surface area is 118 Å². The molecule has 0 saturated carbocycles. The van der Waals surface area contributed by atoms with Crippen molar-refractivity contribution in [2.24, 2.45) is 0 Å². The fourth-order valence-corrected chi connectivity index (χ4v) is 2.64. The molecule has 0 aliphatic heterocycles. The van der Waals surface area contributed by atoms with Gasteiger partial charge in [0.05, 0.1) is 10.9 Å². The summed E-state index contributed by atoms with van der Waals surface area (Å²) in [5, 5.41) is 11.5. The Balaban J connectivity index is 2.00. The highest BCUT2D eigenvalue weighted by molar-refractivity contribution is 7.16. The van der Waals surface area contributed by atoms with E-state index in [1.807, 2.05) is 6.07 Å². The molecule has 0 aliphatic carbocycles. The summed E-state index contributed by atoms with van der Waals surface area (Å²) in [7, 11) is 0. The number of aliphatic carboxylic acids is 1. The number of carboxylic acid groups (broad SMARTS) is 1. The van der Waals surface area contributed by atoms with E-state index in [0.29, 0.717) is 16.6 Å². The molecule has 1 amide bonds. The molecule has 2 heterocycles. The Kier molecular flexibility index (Phi) is 4.24. The van der Waals surface area contributed by atoms with Crippen LogP contribution in [0.1, 0.15) is 15.4 Å². The molecule has 0 fully saturated rings. The second-order valence-electron chi connectivity index (χ2n) is 3.80. The lowest BCUT2D eigenvalue weighted by Gasteiger charge is -2.07. The molecular weight excluding hydrogens is 288 g/mol. The summed E-state index contributed by atoms with van der Waals surface area (Å²) in [4.78, 5) is 23.5. The van der Waals surface area contributed by atoms with Gasteiger partial charge >= 0.3 is 5.97 Å². The number of carbonyl (C=O) groups excluding carboxylic acids is 1. The molecule has 100 valence electrons. The van der Waals surface area contributed by atoms with Gasteiger partial charge in [-0.1, -0.05) is 11.6 Å². The van der Waals surface area contributed by atoms with Gasteiger partial charge in [0.2, 0.25) is 0 Å². The monoisotopic (exact) mass is 298 g/mol. The minimum atomic E-state index is -0.990. The van der Waals surface area contributed by atoms with Crippen LogP contribution in [0.3, 0.4) is 0 Å². The highest BCUT2D eigenvalue weighted by Crippen LogP contribution is 2.21. The first kappa shape index (κ1) is 13.6. The standard InChI is InChI=1S/C12H11ClN2O3S/c13-10-4-3-8(19-10)6-14-12(18)9-2-1-5-15(9)7-11(16)17/h1-5H,6-7H2,(H,14,18)(H,16,17). The molecule has 2 rings (SSSR count). The van der Waals surface area contributed by atoms with Crippen LogP contribution in [0, 0.1) is 0 Å². The first-order chi connectivity index (χ1) is 9.06. The van der Waals surface area contributed by atoms with Gasteiger partial charge in [-0.15, -0.1) is 11.3 Å². The van der Waals surface area contributed by atoms with Crippen molar-refractivity contribution in [3.8, 4) is 0 Å². The van der Waals surface area contributed by atoms with Gasteiger partial charge in [-0.2, -0.15) is 0 Å². The molecule has 2 aromatic heterocycles. The topological polar surface area (TPSA) is 71.3 Å². The van der Waals surface area contributed by atoms with E-state index >= 15 is 0 Å². The second-order valence-corrected chi connectivity index (χ2v) is 5.60. The predicted molar refractivity (Wildman–Crippen MR) is 72.6 cm³/mol. The number of hydrogen-bond donors (Lipinski definition) is 2. The Bertz CT molecular complexity index is 606. The summed E-state index contributed by atoms with van der Waals surface area (Å²) in [6.45, 7) is 0.134. The van der Waals surface area contributed by atoms with E-state index in [1.165, 1.54) is 15.9 Å². The zero-order valence-electron chi connectivity index (χ0n) is 9.80. The lowest BCUT2D eigenvalue weighted by atomic mass is 10.3. The van der Waals surface area contributed by atoms with E-state index in [0.717, 1.165) is 4.88 Å². The van der Waals surface area contributed by atoms with Crippen molar-refractivity contribution in [3.05, 3.63) is 45.4 Å². The molecule has 0 spiro atoms. The number of aromatic nitrogens is 1. The van der Waals surface area contributed by atoms with E-state index < -0.39 is 5.97 Å². The largest absolute Gasteiger partial charge is 0.480 e. The van der Waals surface area contributed by atoms with Crippen molar-refractivity contribution < 1.29 is 14.7 Å². The van der Waals surface area contributed by atoms with E-state index in [1.54, 1.807) is 24.4 Å². The summed E-state index contributed by atoms with van der Waals surface area (Å²) >= 11 is 7.19. The first-order valence-electron chi connectivity index (χ1n) is 5.45. The van der Waals surface area contributed by atoms with Crippen molar-refractivity contribution >= 4 is 34.8 Å². The van der Waals surface area contributed by atoms with Gasteiger partial charge in [0.25, 0.3) is 5.91 Å². The van der Waals surface area contributed by atoms with Crippen molar-refractivity contribution in [1.82, 2.24) is 9.88 Å². The van der Waals surface area contributed by atoms with Gasteiger partial charge in [-0.3, -0.25) is 9.59 Å². The maximum absolute atomic E-state index is 11.9. The third kappa shape index (κ3) is 3.59. The SMILES string of the molecule is O=C(O)Cn1cccc1C(=O)NCc1ccc(Cl)s1. The van der Waals surface area contributed by atoms with Crippen LogP contribution >= 0.6 is 22.9 Å². The summed E-state index contributed by atoms with van der Waals surface area (Å²) < 4.78 is 2.05. The van der Waals surface area contributed by atoms with Crippen LogP contribution in [0.2, 0.25) is 4.34 Å². The molecule has 19 heavy (non-hydrogen) atoms. The predicted octanol–water partition coefficient (Wildman–Crippen LogP) is 2.22. The number of nitrogens with zero attached hydrogens (tertiary/aromatic N) is 1. The third-order valence-electron chi connectivity index (χ3n) is 2.42. The van der Waals surface area contributed by atoms with E-state index in [2.05, 4.69) is 5.32 Å². The molecular formula is C12H11ClN2O3S. The van der Waals surface area contributed by atoms with Gasteiger partial charge in [-0.05, 0) is 24.3 Å². The van der Waals surface area contributed by atoms with Crippen molar-refractivity contribution in [2.75, 3.05) is 0 Å². The molecule has 0 radical (unpaired) electrons. The highest BCUT2D eigenvalue weighted by Gasteiger charge is 2.12. The minimum Gasteiger partial charge on any atom is -0.480 e. The van der Waals surface area contributed by atoms with Gasteiger partial charge in [0.1, 0.15) is 12.2 Å². The van der Waals surface area contributed by atoms with Crippen LogP contribution in [-0.2, 0) is 17.9 Å². The molecule has 2 N–H and O–H groups in total. The maximum atomic E-state index is 11.9. The fourth-order valence-electron chi connectivity index (χ4n) is 1.61. The molecule has 2 aromatic rings. The minimum absolute atomic E-state index is 0.236. The summed E-state index contributed by atoms with van der Waals surface area (Å²) in [6.07, 6.45) is 1.56. The zero-order chi connectivity index (χ0) is 13.8. The average molecular weight is 299 g/mol. The molecule has 0 saturated heterocycles.